The summed E-state index contributed by atoms with van der Waals surface area (Å²) in [6.07, 6.45) is -0.405. The summed E-state index contributed by atoms with van der Waals surface area (Å²) in [5.41, 5.74) is 0. The lowest BCUT2D eigenvalue weighted by Crippen LogP contribution is -2.26. The molecule has 0 bridgehead atoms. The molecule has 1 saturated carbocycles. The van der Waals surface area contributed by atoms with E-state index in [0.29, 0.717) is 29.6 Å². The summed E-state index contributed by atoms with van der Waals surface area (Å²) >= 11 is 0. The van der Waals surface area contributed by atoms with Gasteiger partial charge in [-0.15, -0.1) is 0 Å². The quantitative estimate of drug-likeness (QED) is 0.557. The van der Waals surface area contributed by atoms with Crippen LogP contribution in [0.1, 0.15) is 0 Å². The van der Waals surface area contributed by atoms with Crippen molar-refractivity contribution in [2.24, 2.45) is 29.6 Å². The highest BCUT2D eigenvalue weighted by Gasteiger charge is 2.79. The lowest BCUT2D eigenvalue weighted by Gasteiger charge is -2.20. The molecular formula is C10H10O5. The van der Waals surface area contributed by atoms with Gasteiger partial charge in [-0.2, -0.15) is 0 Å². The van der Waals surface area contributed by atoms with E-state index < -0.39 is 0 Å². The largest absolute Gasteiger partial charge is 0.323 e. The normalized spacial score (nSPS) is 80.0. The van der Waals surface area contributed by atoms with Gasteiger partial charge in [-0.3, -0.25) is 0 Å². The molecule has 0 spiro atoms. The highest BCUT2D eigenvalue weighted by molar-refractivity contribution is 5.15. The first kappa shape index (κ1) is 7.19. The second-order valence-electron chi connectivity index (χ2n) is 5.41. The molecule has 6 fully saturated rings. The zero-order valence-corrected chi connectivity index (χ0v) is 7.81. The zero-order valence-electron chi connectivity index (χ0n) is 7.81. The topological polar surface area (TPSA) is 46.2 Å². The molecule has 0 N–H and O–H groups in total. The first-order valence-electron chi connectivity index (χ1n) is 5.69. The van der Waals surface area contributed by atoms with Crippen molar-refractivity contribution in [1.82, 2.24) is 0 Å². The van der Waals surface area contributed by atoms with Gasteiger partial charge in [0, 0.05) is 29.6 Å². The van der Waals surface area contributed by atoms with Crippen LogP contribution < -0.4 is 0 Å². The van der Waals surface area contributed by atoms with Gasteiger partial charge in [0.15, 0.2) is 31.5 Å². The molecule has 0 atom stereocenters. The second kappa shape index (κ2) is 1.87. The Balaban J connectivity index is 1.65. The Bertz CT molecular complexity index is 272. The molecule has 5 heterocycles. The molecule has 5 heteroatoms. The standard InChI is InChI=1S/C10H10O5/c11-6-1-2-4-5-3(1)8(12-6)14-10(5)15-9(4)13-7(2)11/h1-10H. The van der Waals surface area contributed by atoms with Crippen LogP contribution in [0, 0.1) is 29.6 Å². The number of ether oxygens (including phenoxy) is 5. The van der Waals surface area contributed by atoms with E-state index in [1.165, 1.54) is 0 Å². The van der Waals surface area contributed by atoms with Gasteiger partial charge in [0.25, 0.3) is 0 Å². The summed E-state index contributed by atoms with van der Waals surface area (Å²) in [5.74, 6) is 2.47. The van der Waals surface area contributed by atoms with Crippen molar-refractivity contribution < 1.29 is 23.7 Å². The van der Waals surface area contributed by atoms with Gasteiger partial charge in [0.1, 0.15) is 0 Å². The number of hydrogen-bond acceptors (Lipinski definition) is 5. The second-order valence-corrected chi connectivity index (χ2v) is 5.41. The van der Waals surface area contributed by atoms with E-state index >= 15 is 0 Å². The van der Waals surface area contributed by atoms with Crippen molar-refractivity contribution in [3.63, 3.8) is 0 Å². The van der Waals surface area contributed by atoms with E-state index in [1.807, 2.05) is 0 Å². The predicted octanol–water partition coefficient (Wildman–Crippen LogP) is -0.138. The van der Waals surface area contributed by atoms with Crippen LogP contribution >= 0.6 is 0 Å². The van der Waals surface area contributed by atoms with Gasteiger partial charge in [0.05, 0.1) is 0 Å². The van der Waals surface area contributed by atoms with E-state index in [9.17, 15) is 0 Å². The fourth-order valence-corrected chi connectivity index (χ4v) is 4.83. The number of hydrogen-bond donors (Lipinski definition) is 0. The van der Waals surface area contributed by atoms with Crippen molar-refractivity contribution in [2.45, 2.75) is 31.5 Å². The minimum atomic E-state index is -0.0810. The van der Waals surface area contributed by atoms with E-state index in [1.54, 1.807) is 0 Å². The molecule has 5 aliphatic heterocycles. The van der Waals surface area contributed by atoms with Gasteiger partial charge in [-0.1, -0.05) is 0 Å². The van der Waals surface area contributed by atoms with Crippen LogP contribution in [0.25, 0.3) is 0 Å². The molecule has 0 aromatic rings. The van der Waals surface area contributed by atoms with Crippen LogP contribution in [-0.2, 0) is 23.7 Å². The van der Waals surface area contributed by atoms with Crippen molar-refractivity contribution >= 4 is 0 Å². The smallest absolute Gasteiger partial charge is 0.167 e. The van der Waals surface area contributed by atoms with Gasteiger partial charge < -0.3 is 23.7 Å². The predicted molar refractivity (Wildman–Crippen MR) is 41.8 cm³/mol. The van der Waals surface area contributed by atoms with E-state index in [2.05, 4.69) is 0 Å². The van der Waals surface area contributed by atoms with E-state index in [-0.39, 0.29) is 31.5 Å². The highest BCUT2D eigenvalue weighted by atomic mass is 16.9. The monoisotopic (exact) mass is 210 g/mol. The molecule has 5 nitrogen and oxygen atoms in total. The Labute approximate surface area is 85.6 Å². The van der Waals surface area contributed by atoms with E-state index in [4.69, 9.17) is 23.7 Å². The maximum absolute atomic E-state index is 5.75. The van der Waals surface area contributed by atoms with Crippen LogP contribution in [0.3, 0.4) is 0 Å². The van der Waals surface area contributed by atoms with Crippen molar-refractivity contribution in [3.05, 3.63) is 0 Å². The Morgan fingerprint density at radius 1 is 0.333 bits per heavy atom. The molecule has 6 aliphatic rings. The van der Waals surface area contributed by atoms with Crippen LogP contribution in [-0.4, -0.2) is 31.5 Å². The summed E-state index contributed by atoms with van der Waals surface area (Å²) in [5, 5.41) is 0. The fraction of sp³-hybridized carbons (Fsp3) is 1.00. The molecule has 0 unspecified atom stereocenters. The minimum absolute atomic E-state index is 0.0810. The molecule has 0 aromatic heterocycles. The van der Waals surface area contributed by atoms with Crippen molar-refractivity contribution in [3.8, 4) is 0 Å². The fourth-order valence-electron chi connectivity index (χ4n) is 4.83. The summed E-state index contributed by atoms with van der Waals surface area (Å²) in [4.78, 5) is 0. The molecule has 5 saturated heterocycles. The zero-order chi connectivity index (χ0) is 9.31. The van der Waals surface area contributed by atoms with Gasteiger partial charge >= 0.3 is 0 Å². The lowest BCUT2D eigenvalue weighted by atomic mass is 9.90. The Kier molecular flexibility index (Phi) is 0.895. The molecule has 15 heavy (non-hydrogen) atoms. The summed E-state index contributed by atoms with van der Waals surface area (Å²) in [7, 11) is 0. The third-order valence-electron chi connectivity index (χ3n) is 5.13. The minimum Gasteiger partial charge on any atom is -0.323 e. The maximum Gasteiger partial charge on any atom is 0.167 e. The molecule has 0 aromatic carbocycles. The lowest BCUT2D eigenvalue weighted by molar-refractivity contribution is -0.320. The summed E-state index contributed by atoms with van der Waals surface area (Å²) in [6, 6.07) is 0. The van der Waals surface area contributed by atoms with Crippen LogP contribution in [0.4, 0.5) is 0 Å². The first-order chi connectivity index (χ1) is 7.42. The Morgan fingerprint density at radius 2 is 0.533 bits per heavy atom. The summed E-state index contributed by atoms with van der Waals surface area (Å²) in [6.45, 7) is 0. The molecule has 0 radical (unpaired) electrons. The van der Waals surface area contributed by atoms with Crippen LogP contribution in [0.2, 0.25) is 0 Å². The SMILES string of the molecule is O1C2OC3OC4OC5OC1C1C2C3C4C51. The molecular weight excluding hydrogens is 200 g/mol. The van der Waals surface area contributed by atoms with Gasteiger partial charge in [-0.25, -0.2) is 0 Å². The highest BCUT2D eigenvalue weighted by Crippen LogP contribution is 2.70. The van der Waals surface area contributed by atoms with Crippen molar-refractivity contribution in [1.29, 1.82) is 0 Å². The summed E-state index contributed by atoms with van der Waals surface area (Å²) < 4.78 is 28.8. The molecule has 6 rings (SSSR count). The Morgan fingerprint density at radius 3 is 0.733 bits per heavy atom. The third kappa shape index (κ3) is 0.537. The van der Waals surface area contributed by atoms with Crippen LogP contribution in [0.15, 0.2) is 0 Å². The average molecular weight is 210 g/mol. The first-order valence-corrected chi connectivity index (χ1v) is 5.69. The average Bonchev–Trinajstić information content (AvgIpc) is 2.85. The Hall–Kier alpha value is -0.200. The van der Waals surface area contributed by atoms with Gasteiger partial charge in [-0.05, 0) is 0 Å². The molecule has 0 amide bonds. The van der Waals surface area contributed by atoms with Crippen molar-refractivity contribution in [2.75, 3.05) is 0 Å². The number of rotatable bonds is 0. The maximum atomic E-state index is 5.75. The third-order valence-corrected chi connectivity index (χ3v) is 5.13. The molecule has 1 aliphatic carbocycles. The van der Waals surface area contributed by atoms with E-state index in [0.717, 1.165) is 0 Å². The molecule has 80 valence electrons. The van der Waals surface area contributed by atoms with Gasteiger partial charge in [0.2, 0.25) is 0 Å². The van der Waals surface area contributed by atoms with Crippen LogP contribution in [0.5, 0.6) is 0 Å².